The van der Waals surface area contributed by atoms with Crippen LogP contribution >= 0.6 is 0 Å². The zero-order chi connectivity index (χ0) is 23.4. The molecular weight excluding hydrogens is 410 g/mol. The van der Waals surface area contributed by atoms with Crippen molar-refractivity contribution in [2.24, 2.45) is 0 Å². The van der Waals surface area contributed by atoms with E-state index in [1.807, 2.05) is 92.2 Å². The van der Waals surface area contributed by atoms with E-state index >= 15 is 0 Å². The molecule has 5 nitrogen and oxygen atoms in total. The highest BCUT2D eigenvalue weighted by Crippen LogP contribution is 2.32. The van der Waals surface area contributed by atoms with Crippen LogP contribution in [0.5, 0.6) is 11.6 Å². The Bertz CT molecular complexity index is 1270. The number of hydrogen-bond donors (Lipinski definition) is 1. The Morgan fingerprint density at radius 2 is 1.67 bits per heavy atom. The van der Waals surface area contributed by atoms with Gasteiger partial charge in [-0.2, -0.15) is 9.78 Å². The molecular formula is C28H29N3O2. The molecule has 0 fully saturated rings. The molecule has 0 bridgehead atoms. The van der Waals surface area contributed by atoms with Crippen molar-refractivity contribution in [1.82, 2.24) is 9.78 Å². The number of benzene rings is 3. The van der Waals surface area contributed by atoms with E-state index in [0.717, 1.165) is 39.5 Å². The van der Waals surface area contributed by atoms with Crippen LogP contribution < -0.4 is 10.1 Å². The van der Waals surface area contributed by atoms with Gasteiger partial charge in [0, 0.05) is 17.7 Å². The van der Waals surface area contributed by atoms with Crippen molar-refractivity contribution >= 4 is 11.6 Å². The summed E-state index contributed by atoms with van der Waals surface area (Å²) in [7, 11) is 0. The molecule has 0 aliphatic carbocycles. The van der Waals surface area contributed by atoms with Gasteiger partial charge < -0.3 is 10.1 Å². The molecule has 0 aliphatic rings. The van der Waals surface area contributed by atoms with E-state index in [-0.39, 0.29) is 5.91 Å². The highest BCUT2D eigenvalue weighted by molar-refractivity contribution is 5.90. The fraction of sp³-hybridized carbons (Fsp3) is 0.214. The summed E-state index contributed by atoms with van der Waals surface area (Å²) in [5.74, 6) is 1.35. The zero-order valence-corrected chi connectivity index (χ0v) is 19.6. The molecule has 0 spiro atoms. The number of carbonyl (C=O) groups excluding carboxylic acids is 1. The summed E-state index contributed by atoms with van der Waals surface area (Å²) in [5.41, 5.74) is 6.91. The lowest BCUT2D eigenvalue weighted by molar-refractivity contribution is -0.116. The van der Waals surface area contributed by atoms with Gasteiger partial charge in [0.2, 0.25) is 11.8 Å². The number of carbonyl (C=O) groups is 1. The topological polar surface area (TPSA) is 56.1 Å². The second-order valence-electron chi connectivity index (χ2n) is 8.40. The van der Waals surface area contributed by atoms with Gasteiger partial charge in [0.25, 0.3) is 0 Å². The molecule has 4 aromatic rings. The molecule has 168 valence electrons. The van der Waals surface area contributed by atoms with Crippen LogP contribution in [-0.4, -0.2) is 15.7 Å². The predicted octanol–water partition coefficient (Wildman–Crippen LogP) is 6.47. The molecule has 1 N–H and O–H groups in total. The third kappa shape index (κ3) is 5.32. The van der Waals surface area contributed by atoms with Crippen molar-refractivity contribution in [3.63, 3.8) is 0 Å². The van der Waals surface area contributed by atoms with Crippen LogP contribution in [0.1, 0.15) is 34.4 Å². The summed E-state index contributed by atoms with van der Waals surface area (Å²) in [6, 6.07) is 23.8. The van der Waals surface area contributed by atoms with E-state index in [0.29, 0.717) is 18.7 Å². The first kappa shape index (κ1) is 22.3. The number of aromatic nitrogens is 2. The second kappa shape index (κ2) is 9.74. The maximum Gasteiger partial charge on any atom is 0.226 e. The Hall–Kier alpha value is -3.86. The van der Waals surface area contributed by atoms with Crippen molar-refractivity contribution in [3.8, 4) is 17.3 Å². The molecule has 0 atom stereocenters. The number of para-hydroxylation sites is 1. The molecule has 0 radical (unpaired) electrons. The van der Waals surface area contributed by atoms with Gasteiger partial charge in [-0.25, -0.2) is 0 Å². The minimum absolute atomic E-state index is 0.0371. The Morgan fingerprint density at radius 1 is 0.909 bits per heavy atom. The van der Waals surface area contributed by atoms with E-state index in [1.165, 1.54) is 5.56 Å². The van der Waals surface area contributed by atoms with Gasteiger partial charge in [-0.15, -0.1) is 0 Å². The fourth-order valence-electron chi connectivity index (χ4n) is 3.80. The first-order valence-electron chi connectivity index (χ1n) is 11.2. The summed E-state index contributed by atoms with van der Waals surface area (Å²) in [5, 5.41) is 7.78. The highest BCUT2D eigenvalue weighted by Gasteiger charge is 2.20. The van der Waals surface area contributed by atoms with Crippen LogP contribution in [0.2, 0.25) is 0 Å². The van der Waals surface area contributed by atoms with Crippen molar-refractivity contribution in [2.45, 2.75) is 40.5 Å². The summed E-state index contributed by atoms with van der Waals surface area (Å²) >= 11 is 0. The first-order chi connectivity index (χ1) is 15.9. The smallest absolute Gasteiger partial charge is 0.226 e. The van der Waals surface area contributed by atoms with Crippen LogP contribution in [0.25, 0.3) is 5.69 Å². The Labute approximate surface area is 195 Å². The van der Waals surface area contributed by atoms with Gasteiger partial charge in [0.05, 0.1) is 11.4 Å². The normalized spacial score (nSPS) is 10.8. The lowest BCUT2D eigenvalue weighted by Crippen LogP contribution is -2.12. The average molecular weight is 440 g/mol. The predicted molar refractivity (Wildman–Crippen MR) is 132 cm³/mol. The van der Waals surface area contributed by atoms with E-state index in [4.69, 9.17) is 9.84 Å². The van der Waals surface area contributed by atoms with E-state index in [1.54, 1.807) is 0 Å². The molecule has 5 heteroatoms. The van der Waals surface area contributed by atoms with Crippen molar-refractivity contribution in [3.05, 3.63) is 101 Å². The van der Waals surface area contributed by atoms with Gasteiger partial charge in [-0.3, -0.25) is 4.79 Å². The lowest BCUT2D eigenvalue weighted by Gasteiger charge is -2.13. The van der Waals surface area contributed by atoms with Crippen molar-refractivity contribution < 1.29 is 9.53 Å². The van der Waals surface area contributed by atoms with E-state index < -0.39 is 0 Å². The molecule has 33 heavy (non-hydrogen) atoms. The third-order valence-corrected chi connectivity index (χ3v) is 5.62. The van der Waals surface area contributed by atoms with Crippen LogP contribution in [0.3, 0.4) is 0 Å². The number of anilines is 1. The average Bonchev–Trinajstić information content (AvgIpc) is 3.09. The third-order valence-electron chi connectivity index (χ3n) is 5.62. The highest BCUT2D eigenvalue weighted by atomic mass is 16.5. The summed E-state index contributed by atoms with van der Waals surface area (Å²) in [6.07, 6.45) is 0.856. The van der Waals surface area contributed by atoms with Gasteiger partial charge in [-0.05, 0) is 75.6 Å². The number of rotatable bonds is 7. The first-order valence-corrected chi connectivity index (χ1v) is 11.2. The lowest BCUT2D eigenvalue weighted by atomic mass is 10.1. The number of hydrogen-bond acceptors (Lipinski definition) is 3. The summed E-state index contributed by atoms with van der Waals surface area (Å²) in [6.45, 7) is 8.07. The Balaban J connectivity index is 1.63. The summed E-state index contributed by atoms with van der Waals surface area (Å²) in [4.78, 5) is 12.7. The maximum atomic E-state index is 12.7. The van der Waals surface area contributed by atoms with Gasteiger partial charge >= 0.3 is 0 Å². The molecule has 0 aliphatic heterocycles. The molecule has 1 amide bonds. The monoisotopic (exact) mass is 439 g/mol. The van der Waals surface area contributed by atoms with E-state index in [2.05, 4.69) is 18.3 Å². The molecule has 0 saturated carbocycles. The van der Waals surface area contributed by atoms with Gasteiger partial charge in [0.1, 0.15) is 5.75 Å². The Kier molecular flexibility index (Phi) is 6.59. The van der Waals surface area contributed by atoms with Crippen LogP contribution in [0, 0.1) is 27.7 Å². The maximum absolute atomic E-state index is 12.7. The summed E-state index contributed by atoms with van der Waals surface area (Å²) < 4.78 is 8.21. The number of ether oxygens (including phenoxy) is 1. The molecule has 3 aromatic carbocycles. The van der Waals surface area contributed by atoms with E-state index in [9.17, 15) is 4.79 Å². The Morgan fingerprint density at radius 3 is 2.39 bits per heavy atom. The number of aryl methyl sites for hydroxylation is 4. The molecule has 1 heterocycles. The largest absolute Gasteiger partial charge is 0.439 e. The van der Waals surface area contributed by atoms with Gasteiger partial charge in [0.15, 0.2) is 0 Å². The number of nitrogens with one attached hydrogen (secondary N) is 1. The quantitative estimate of drug-likeness (QED) is 0.359. The minimum atomic E-state index is -0.0371. The van der Waals surface area contributed by atoms with Crippen LogP contribution in [0.15, 0.2) is 72.8 Å². The fourth-order valence-corrected chi connectivity index (χ4v) is 3.80. The molecule has 1 aromatic heterocycles. The standard InChI is InChI=1S/C28H29N3O2/c1-19-12-14-24(15-13-19)33-28-25(16-17-27(32)29-23-10-7-8-20(2)18-23)22(4)30-31(28)26-11-6-5-9-21(26)3/h5-15,18H,16-17H2,1-4H3,(H,29,32). The van der Waals surface area contributed by atoms with Gasteiger partial charge in [-0.1, -0.05) is 48.0 Å². The SMILES string of the molecule is Cc1ccc(Oc2c(CCC(=O)Nc3cccc(C)c3)c(C)nn2-c2ccccc2C)cc1. The second-order valence-corrected chi connectivity index (χ2v) is 8.40. The number of nitrogens with zero attached hydrogens (tertiary/aromatic N) is 2. The molecule has 0 unspecified atom stereocenters. The number of amides is 1. The van der Waals surface area contributed by atoms with Crippen LogP contribution in [-0.2, 0) is 11.2 Å². The van der Waals surface area contributed by atoms with Crippen molar-refractivity contribution in [2.75, 3.05) is 5.32 Å². The zero-order valence-electron chi connectivity index (χ0n) is 19.6. The molecule has 0 saturated heterocycles. The minimum Gasteiger partial charge on any atom is -0.439 e. The van der Waals surface area contributed by atoms with Crippen LogP contribution in [0.4, 0.5) is 5.69 Å². The molecule has 4 rings (SSSR count). The van der Waals surface area contributed by atoms with Crippen molar-refractivity contribution in [1.29, 1.82) is 0 Å².